The molecule has 150 valence electrons. The first-order valence-corrected chi connectivity index (χ1v) is 8.31. The van der Waals surface area contributed by atoms with Crippen molar-refractivity contribution in [3.05, 3.63) is 58.4 Å². The smallest absolute Gasteiger partial charge is 0.253 e. The maximum absolute atomic E-state index is 16.6. The summed E-state index contributed by atoms with van der Waals surface area (Å²) in [6.45, 7) is -13.1. The minimum absolute atomic E-state index is 0.0609. The summed E-state index contributed by atoms with van der Waals surface area (Å²) in [6.07, 6.45) is -5.93. The zero-order chi connectivity index (χ0) is 30.9. The Balaban J connectivity index is 2.04. The molecule has 1 aliphatic heterocycles. The highest BCUT2D eigenvalue weighted by Crippen LogP contribution is 2.27. The summed E-state index contributed by atoms with van der Waals surface area (Å²) in [7, 11) is 0. The molecular weight excluding hydrogens is 386 g/mol. The van der Waals surface area contributed by atoms with E-state index >= 15 is 4.39 Å². The normalized spacial score (nSPS) is 32.9. The van der Waals surface area contributed by atoms with E-state index in [1.165, 1.54) is 6.92 Å². The maximum Gasteiger partial charge on any atom is 0.253 e. The Kier molecular flexibility index (Phi) is 3.21. The molecule has 0 bridgehead atoms. The Morgan fingerprint density at radius 1 is 1.43 bits per heavy atom. The van der Waals surface area contributed by atoms with Crippen molar-refractivity contribution in [3.8, 4) is 0 Å². The van der Waals surface area contributed by atoms with E-state index in [1.807, 2.05) is 0 Å². The van der Waals surface area contributed by atoms with Gasteiger partial charge in [-0.25, -0.2) is 18.7 Å². The highest BCUT2D eigenvalue weighted by molar-refractivity contribution is 6.31. The first kappa shape index (κ1) is 10.1. The van der Waals surface area contributed by atoms with Crippen LogP contribution in [0.15, 0.2) is 30.6 Å². The predicted octanol–water partition coefficient (Wildman–Crippen LogP) is 3.57. The fourth-order valence-corrected chi connectivity index (χ4v) is 2.26. The van der Waals surface area contributed by atoms with Crippen LogP contribution in [0.2, 0.25) is 5.02 Å². The topological polar surface area (TPSA) is 58.1 Å². The van der Waals surface area contributed by atoms with E-state index in [1.54, 1.807) is 5.32 Å². The first-order chi connectivity index (χ1) is 17.8. The van der Waals surface area contributed by atoms with Crippen molar-refractivity contribution in [1.29, 1.82) is 0 Å². The lowest BCUT2D eigenvalue weighted by molar-refractivity contribution is 0.0434. The van der Waals surface area contributed by atoms with Crippen LogP contribution in [-0.4, -0.2) is 45.9 Å². The van der Waals surface area contributed by atoms with Gasteiger partial charge in [-0.05, 0) is 30.1 Å². The van der Waals surface area contributed by atoms with Crippen LogP contribution in [0.3, 0.4) is 0 Å². The minimum Gasteiger partial charge on any atom is -0.338 e. The molecule has 3 rings (SSSR count). The number of nitrogens with zero attached hydrogens (tertiary/aromatic N) is 3. The second kappa shape index (κ2) is 8.92. The Hall–Kier alpha value is -2.12. The monoisotopic (exact) mass is 420 g/mol. The van der Waals surface area contributed by atoms with E-state index in [0.717, 1.165) is 30.6 Å². The van der Waals surface area contributed by atoms with Gasteiger partial charge in [-0.15, -0.1) is 0 Å². The molecule has 1 unspecified atom stereocenters. The van der Waals surface area contributed by atoms with Crippen LogP contribution in [0, 0.1) is 5.82 Å². The minimum atomic E-state index is -4.17. The summed E-state index contributed by atoms with van der Waals surface area (Å²) in [6, 6.07) is 2.29. The standard InChI is InChI=1S/C20H23ClF2N4O/c1-2-14-10-25-18(26-11-14)12-24-13-20(23)5-7-27(8-6-20)19(28)15-3-4-17(22)16(21)9-15/h3-4,9-11,24H,2,5-8,12-13H2,1H3/i2D2,5D2,7D2,8D2,12D2,13D2. The van der Waals surface area contributed by atoms with E-state index in [4.69, 9.17) is 28.1 Å². The van der Waals surface area contributed by atoms with Gasteiger partial charge in [0.05, 0.1) is 14.3 Å². The van der Waals surface area contributed by atoms with E-state index < -0.39 is 79.0 Å². The predicted molar refractivity (Wildman–Crippen MR) is 104 cm³/mol. The molecule has 0 radical (unpaired) electrons. The third kappa shape index (κ3) is 5.02. The van der Waals surface area contributed by atoms with Gasteiger partial charge in [0.25, 0.3) is 5.91 Å². The van der Waals surface area contributed by atoms with Crippen LogP contribution in [-0.2, 0) is 12.9 Å². The molecule has 1 saturated heterocycles. The number of alkyl halides is 1. The molecule has 1 fully saturated rings. The molecule has 0 saturated carbocycles. The number of carbonyl (C=O) groups excluding carboxylic acids is 1. The van der Waals surface area contributed by atoms with Crippen LogP contribution in [0.1, 0.15) is 57.9 Å². The number of likely N-dealkylation sites (tertiary alicyclic amines) is 1. The van der Waals surface area contributed by atoms with E-state index in [9.17, 15) is 9.18 Å². The third-order valence-corrected chi connectivity index (χ3v) is 3.88. The average molecular weight is 421 g/mol. The van der Waals surface area contributed by atoms with Gasteiger partial charge in [0, 0.05) is 63.9 Å². The molecule has 5 nitrogen and oxygen atoms in total. The number of hydrogen-bond acceptors (Lipinski definition) is 4. The van der Waals surface area contributed by atoms with Gasteiger partial charge < -0.3 is 10.2 Å². The van der Waals surface area contributed by atoms with Crippen molar-refractivity contribution in [3.63, 3.8) is 0 Å². The van der Waals surface area contributed by atoms with Crippen LogP contribution < -0.4 is 5.32 Å². The number of carbonyl (C=O) groups is 1. The lowest BCUT2D eigenvalue weighted by Crippen LogP contribution is -2.48. The van der Waals surface area contributed by atoms with Crippen LogP contribution in [0.5, 0.6) is 0 Å². The maximum atomic E-state index is 16.6. The number of benzene rings is 1. The van der Waals surface area contributed by atoms with Crippen LogP contribution in [0.4, 0.5) is 8.78 Å². The van der Waals surface area contributed by atoms with Gasteiger partial charge in [0.1, 0.15) is 17.3 Å². The van der Waals surface area contributed by atoms with Crippen molar-refractivity contribution in [2.75, 3.05) is 19.5 Å². The summed E-state index contributed by atoms with van der Waals surface area (Å²) in [5, 5.41) is 0.992. The molecule has 0 spiro atoms. The number of hydrogen-bond donors (Lipinski definition) is 1. The molecule has 2 aromatic rings. The molecule has 1 atom stereocenters. The summed E-state index contributed by atoms with van der Waals surface area (Å²) in [5.74, 6) is -3.29. The Bertz CT molecular complexity index is 1310. The number of amides is 1. The molecule has 1 aromatic heterocycles. The first-order valence-electron chi connectivity index (χ1n) is 13.9. The lowest BCUT2D eigenvalue weighted by Gasteiger charge is -2.36. The fraction of sp³-hybridized carbons (Fsp3) is 0.450. The highest BCUT2D eigenvalue weighted by atomic mass is 35.5. The average Bonchev–Trinajstić information content (AvgIpc) is 2.78. The molecule has 2 heterocycles. The number of aryl methyl sites for hydroxylation is 1. The van der Waals surface area contributed by atoms with E-state index in [0.29, 0.717) is 0 Å². The van der Waals surface area contributed by atoms with Gasteiger partial charge in [-0.3, -0.25) is 4.79 Å². The highest BCUT2D eigenvalue weighted by Gasteiger charge is 2.36. The number of aromatic nitrogens is 2. The summed E-state index contributed by atoms with van der Waals surface area (Å²) >= 11 is 5.65. The lowest BCUT2D eigenvalue weighted by atomic mass is 9.92. The van der Waals surface area contributed by atoms with Crippen molar-refractivity contribution in [2.45, 2.75) is 38.3 Å². The van der Waals surface area contributed by atoms with Gasteiger partial charge in [-0.1, -0.05) is 18.5 Å². The van der Waals surface area contributed by atoms with Gasteiger partial charge >= 0.3 is 0 Å². The zero-order valence-electron chi connectivity index (χ0n) is 26.5. The van der Waals surface area contributed by atoms with E-state index in [-0.39, 0.29) is 10.5 Å². The van der Waals surface area contributed by atoms with Crippen molar-refractivity contribution < 1.29 is 30.0 Å². The molecule has 1 N–H and O–H groups in total. The zero-order valence-corrected chi connectivity index (χ0v) is 15.2. The number of rotatable bonds is 6. The molecule has 1 aliphatic rings. The van der Waals surface area contributed by atoms with Crippen molar-refractivity contribution in [1.82, 2.24) is 20.2 Å². The Labute approximate surface area is 185 Å². The van der Waals surface area contributed by atoms with Gasteiger partial charge in [0.15, 0.2) is 0 Å². The molecule has 28 heavy (non-hydrogen) atoms. The number of nitrogens with one attached hydrogen (secondary N) is 1. The molecule has 8 heteroatoms. The summed E-state index contributed by atoms with van der Waals surface area (Å²) in [5.41, 5.74) is -4.79. The largest absolute Gasteiger partial charge is 0.338 e. The summed E-state index contributed by atoms with van der Waals surface area (Å²) < 4.78 is 128. The Morgan fingerprint density at radius 2 is 2.18 bits per heavy atom. The molecule has 1 aromatic carbocycles. The molecular formula is C20H23ClF2N4O. The second-order valence-electron chi connectivity index (χ2n) is 5.56. The van der Waals surface area contributed by atoms with Crippen molar-refractivity contribution in [2.24, 2.45) is 0 Å². The molecule has 1 amide bonds. The van der Waals surface area contributed by atoms with Crippen molar-refractivity contribution >= 4 is 17.5 Å². The quantitative estimate of drug-likeness (QED) is 0.776. The Morgan fingerprint density at radius 3 is 2.86 bits per heavy atom. The van der Waals surface area contributed by atoms with Gasteiger partial charge in [0.2, 0.25) is 0 Å². The van der Waals surface area contributed by atoms with Gasteiger partial charge in [-0.2, -0.15) is 0 Å². The van der Waals surface area contributed by atoms with E-state index in [2.05, 4.69) is 9.97 Å². The van der Waals surface area contributed by atoms with Crippen LogP contribution in [0.25, 0.3) is 0 Å². The second-order valence-corrected chi connectivity index (χ2v) is 5.97. The number of halogens is 3. The number of piperidine rings is 1. The third-order valence-electron chi connectivity index (χ3n) is 3.59. The fourth-order valence-electron chi connectivity index (χ4n) is 2.08. The van der Waals surface area contributed by atoms with Crippen LogP contribution >= 0.6 is 11.6 Å². The molecule has 0 aliphatic carbocycles. The summed E-state index contributed by atoms with van der Waals surface area (Å²) in [4.78, 5) is 20.1. The SMILES string of the molecule is [2H]C([2H])(C)c1cnc(C([2H])([2H])NC([2H])([2H])C2(F)CC([2H])([2H])N(C(=O)c3ccc(F)c(Cl)c3)C([2H])([2H])C2([2H])[2H])nc1.